The van der Waals surface area contributed by atoms with Crippen LogP contribution in [-0.2, 0) is 19.2 Å². The van der Waals surface area contributed by atoms with Gasteiger partial charge in [0.1, 0.15) is 6.04 Å². The van der Waals surface area contributed by atoms with E-state index in [9.17, 15) is 19.2 Å². The highest BCUT2D eigenvalue weighted by molar-refractivity contribution is 14.1. The van der Waals surface area contributed by atoms with Gasteiger partial charge in [0, 0.05) is 19.9 Å². The van der Waals surface area contributed by atoms with Gasteiger partial charge in [-0.3, -0.25) is 19.2 Å². The quantitative estimate of drug-likeness (QED) is 0.129. The van der Waals surface area contributed by atoms with E-state index in [1.54, 1.807) is 0 Å². The number of amides is 3. The van der Waals surface area contributed by atoms with Crippen LogP contribution in [-0.4, -0.2) is 49.8 Å². The highest BCUT2D eigenvalue weighted by atomic mass is 127. The van der Waals surface area contributed by atoms with Crippen molar-refractivity contribution in [2.24, 2.45) is 0 Å². The second kappa shape index (κ2) is 13.0. The van der Waals surface area contributed by atoms with E-state index in [2.05, 4.69) is 16.0 Å². The molecule has 0 fully saturated rings. The molecule has 0 bridgehead atoms. The molecule has 0 aromatic carbocycles. The number of aliphatic carboxylic acids is 1. The second-order valence-corrected chi connectivity index (χ2v) is 8.66. The minimum absolute atomic E-state index is 0.0575. The van der Waals surface area contributed by atoms with E-state index in [1.807, 2.05) is 36.4 Å². The molecule has 2 atom stereocenters. The van der Waals surface area contributed by atoms with Gasteiger partial charge in [0.15, 0.2) is 0 Å². The van der Waals surface area contributed by atoms with Gasteiger partial charge in [-0.15, -0.1) is 0 Å². The van der Waals surface area contributed by atoms with Crippen LogP contribution in [0.25, 0.3) is 0 Å². The van der Waals surface area contributed by atoms with Crippen molar-refractivity contribution in [1.82, 2.24) is 16.0 Å². The summed E-state index contributed by atoms with van der Waals surface area (Å²) < 4.78 is 0.640. The first-order valence-electron chi connectivity index (χ1n) is 8.79. The number of halogens is 1. The van der Waals surface area contributed by atoms with E-state index in [4.69, 9.17) is 17.3 Å². The molecule has 0 aromatic heterocycles. The summed E-state index contributed by atoms with van der Waals surface area (Å²) in [6.45, 7) is 5.51. The Kier molecular flexibility index (Phi) is 12.4. The van der Waals surface area contributed by atoms with Crippen molar-refractivity contribution >= 4 is 61.4 Å². The standard InChI is InChI=1S/C17H28IN3O5S/c1-4-17(3,16(18)27)21-15(26)12(20-11(2)22)7-5-6-10-19-13(23)8-9-14(24)25/h12H,4-10H2,1-3H3,(H,19,23)(H,20,22)(H,21,26)(H,24,25)/t12-,17?/m0/s1. The molecular weight excluding hydrogens is 485 g/mol. The lowest BCUT2D eigenvalue weighted by molar-refractivity contribution is -0.138. The van der Waals surface area contributed by atoms with Crippen LogP contribution < -0.4 is 16.0 Å². The molecule has 0 saturated heterocycles. The second-order valence-electron chi connectivity index (χ2n) is 6.44. The van der Waals surface area contributed by atoms with Crippen LogP contribution in [0.3, 0.4) is 0 Å². The average Bonchev–Trinajstić information content (AvgIpc) is 2.57. The van der Waals surface area contributed by atoms with E-state index in [-0.39, 0.29) is 30.6 Å². The highest BCUT2D eigenvalue weighted by Gasteiger charge is 2.31. The number of carbonyl (C=O) groups is 4. The molecule has 8 nitrogen and oxygen atoms in total. The van der Waals surface area contributed by atoms with Gasteiger partial charge in [-0.1, -0.05) is 19.1 Å². The van der Waals surface area contributed by atoms with E-state index < -0.39 is 17.6 Å². The summed E-state index contributed by atoms with van der Waals surface area (Å²) in [7, 11) is 0. The van der Waals surface area contributed by atoms with Gasteiger partial charge in [-0.05, 0) is 55.2 Å². The lowest BCUT2D eigenvalue weighted by atomic mass is 10.00. The molecule has 0 radical (unpaired) electrons. The van der Waals surface area contributed by atoms with E-state index in [0.717, 1.165) is 0 Å². The van der Waals surface area contributed by atoms with Gasteiger partial charge in [0.05, 0.1) is 14.8 Å². The molecule has 27 heavy (non-hydrogen) atoms. The lowest BCUT2D eigenvalue weighted by Crippen LogP contribution is -2.56. The molecule has 0 rings (SSSR count). The molecule has 0 spiro atoms. The maximum absolute atomic E-state index is 12.6. The van der Waals surface area contributed by atoms with Crippen molar-refractivity contribution < 1.29 is 24.3 Å². The Bertz CT molecular complexity index is 573. The van der Waals surface area contributed by atoms with Gasteiger partial charge >= 0.3 is 5.97 Å². The average molecular weight is 513 g/mol. The van der Waals surface area contributed by atoms with Gasteiger partial charge in [0.25, 0.3) is 0 Å². The Morgan fingerprint density at radius 1 is 1.19 bits per heavy atom. The summed E-state index contributed by atoms with van der Waals surface area (Å²) in [5, 5.41) is 16.7. The first kappa shape index (κ1) is 25.7. The molecule has 10 heteroatoms. The number of thiocarbonyl (C=S) groups is 1. The molecule has 154 valence electrons. The van der Waals surface area contributed by atoms with Crippen LogP contribution in [0.5, 0.6) is 0 Å². The van der Waals surface area contributed by atoms with Gasteiger partial charge in [-0.25, -0.2) is 0 Å². The van der Waals surface area contributed by atoms with Crippen LogP contribution in [0.4, 0.5) is 0 Å². The largest absolute Gasteiger partial charge is 0.481 e. The molecule has 0 saturated carbocycles. The number of hydrogen-bond donors (Lipinski definition) is 4. The molecule has 1 unspecified atom stereocenters. The number of rotatable bonds is 13. The smallest absolute Gasteiger partial charge is 0.303 e. The van der Waals surface area contributed by atoms with Crippen molar-refractivity contribution in [3.05, 3.63) is 0 Å². The number of carboxylic acid groups (broad SMARTS) is 1. The minimum Gasteiger partial charge on any atom is -0.481 e. The van der Waals surface area contributed by atoms with E-state index in [1.165, 1.54) is 6.92 Å². The topological polar surface area (TPSA) is 125 Å². The summed E-state index contributed by atoms with van der Waals surface area (Å²) in [5.41, 5.74) is -0.623. The number of nitrogens with one attached hydrogen (secondary N) is 3. The van der Waals surface area contributed by atoms with Crippen molar-refractivity contribution in [3.8, 4) is 0 Å². The zero-order chi connectivity index (χ0) is 21.0. The molecule has 0 aromatic rings. The van der Waals surface area contributed by atoms with Crippen molar-refractivity contribution in [1.29, 1.82) is 0 Å². The van der Waals surface area contributed by atoms with Crippen LogP contribution in [0.2, 0.25) is 0 Å². The SMILES string of the molecule is CCC(C)(NC(=O)[C@H](CCCCNC(=O)CCC(=O)O)NC(C)=O)C(=S)I. The lowest BCUT2D eigenvalue weighted by Gasteiger charge is -2.30. The zero-order valence-electron chi connectivity index (χ0n) is 15.9. The number of carboxylic acids is 1. The van der Waals surface area contributed by atoms with Crippen molar-refractivity contribution in [2.45, 2.75) is 70.9 Å². The summed E-state index contributed by atoms with van der Waals surface area (Å²) in [6, 6.07) is -0.679. The first-order valence-corrected chi connectivity index (χ1v) is 10.3. The predicted molar refractivity (Wildman–Crippen MR) is 115 cm³/mol. The molecule has 0 heterocycles. The van der Waals surface area contributed by atoms with E-state index >= 15 is 0 Å². The van der Waals surface area contributed by atoms with Gasteiger partial charge in [0.2, 0.25) is 17.7 Å². The molecule has 0 aliphatic carbocycles. The van der Waals surface area contributed by atoms with E-state index in [0.29, 0.717) is 35.1 Å². The Labute approximate surface area is 178 Å². The summed E-state index contributed by atoms with van der Waals surface area (Å²) in [6.07, 6.45) is 2.01. The summed E-state index contributed by atoms with van der Waals surface area (Å²) in [4.78, 5) is 45.8. The monoisotopic (exact) mass is 513 g/mol. The van der Waals surface area contributed by atoms with Crippen LogP contribution in [0.1, 0.15) is 59.3 Å². The third-order valence-corrected chi connectivity index (χ3v) is 5.68. The Hall–Kier alpha value is -1.30. The zero-order valence-corrected chi connectivity index (χ0v) is 18.9. The fraction of sp³-hybridized carbons (Fsp3) is 0.706. The van der Waals surface area contributed by atoms with Crippen LogP contribution in [0.15, 0.2) is 0 Å². The predicted octanol–water partition coefficient (Wildman–Crippen LogP) is 1.69. The van der Waals surface area contributed by atoms with Crippen molar-refractivity contribution in [2.75, 3.05) is 6.54 Å². The van der Waals surface area contributed by atoms with Crippen molar-refractivity contribution in [3.63, 3.8) is 0 Å². The molecular formula is C17H28IN3O5S. The number of unbranched alkanes of at least 4 members (excludes halogenated alkanes) is 1. The highest BCUT2D eigenvalue weighted by Crippen LogP contribution is 2.17. The third kappa shape index (κ3) is 11.2. The third-order valence-electron chi connectivity index (χ3n) is 4.04. The molecule has 0 aliphatic rings. The summed E-state index contributed by atoms with van der Waals surface area (Å²) >= 11 is 7.23. The number of carbonyl (C=O) groups excluding carboxylic acids is 3. The van der Waals surface area contributed by atoms with Gasteiger partial charge < -0.3 is 21.1 Å². The number of hydrogen-bond acceptors (Lipinski definition) is 5. The first-order chi connectivity index (χ1) is 12.5. The van der Waals surface area contributed by atoms with Crippen LogP contribution in [0, 0.1) is 0 Å². The fourth-order valence-corrected chi connectivity index (χ4v) is 2.87. The molecule has 0 aliphatic heterocycles. The normalized spacial score (nSPS) is 13.8. The maximum Gasteiger partial charge on any atom is 0.303 e. The maximum atomic E-state index is 12.6. The molecule has 3 amide bonds. The minimum atomic E-state index is -1.01. The fourth-order valence-electron chi connectivity index (χ4n) is 2.16. The Morgan fingerprint density at radius 3 is 2.30 bits per heavy atom. The van der Waals surface area contributed by atoms with Crippen LogP contribution >= 0.6 is 34.8 Å². The Morgan fingerprint density at radius 2 is 1.81 bits per heavy atom. The molecule has 4 N–H and O–H groups in total. The van der Waals surface area contributed by atoms with Gasteiger partial charge in [-0.2, -0.15) is 0 Å². The summed E-state index contributed by atoms with van der Waals surface area (Å²) in [5.74, 6) is -1.92. The Balaban J connectivity index is 4.48.